The van der Waals surface area contributed by atoms with Crippen molar-refractivity contribution in [2.75, 3.05) is 13.7 Å². The number of aliphatic imine (C=N–C) groups is 1. The zero-order valence-electron chi connectivity index (χ0n) is 19.3. The van der Waals surface area contributed by atoms with Gasteiger partial charge in [0.2, 0.25) is 11.7 Å². The molecule has 2 N–H and O–H groups in total. The van der Waals surface area contributed by atoms with Crippen LogP contribution in [0.3, 0.4) is 0 Å². The first-order valence-corrected chi connectivity index (χ1v) is 12.1. The zero-order valence-corrected chi connectivity index (χ0v) is 19.3. The molecule has 0 radical (unpaired) electrons. The monoisotopic (exact) mass is 444 g/mol. The predicted octanol–water partition coefficient (Wildman–Crippen LogP) is 5.33. The Bertz CT molecular complexity index is 1090. The number of hydrogen-bond donors (Lipinski definition) is 1. The number of fused-ring (bicyclic) bond motifs is 3. The number of benzene rings is 2. The quantitative estimate of drug-likeness (QED) is 0.643. The summed E-state index contributed by atoms with van der Waals surface area (Å²) in [7, 11) is 1.80. The lowest BCUT2D eigenvalue weighted by Crippen LogP contribution is -2.32. The van der Waals surface area contributed by atoms with Crippen molar-refractivity contribution in [2.45, 2.75) is 57.1 Å². The average molecular weight is 445 g/mol. The molecule has 5 rings (SSSR count). The molecule has 3 atom stereocenters. The predicted molar refractivity (Wildman–Crippen MR) is 128 cm³/mol. The van der Waals surface area contributed by atoms with E-state index in [1.807, 2.05) is 30.3 Å². The Morgan fingerprint density at radius 3 is 2.55 bits per heavy atom. The van der Waals surface area contributed by atoms with Gasteiger partial charge >= 0.3 is 0 Å². The summed E-state index contributed by atoms with van der Waals surface area (Å²) in [6, 6.07) is 16.1. The minimum Gasteiger partial charge on any atom is -0.493 e. The van der Waals surface area contributed by atoms with Crippen LogP contribution in [0.4, 0.5) is 0 Å². The second kappa shape index (κ2) is 9.07. The molecule has 2 heterocycles. The fourth-order valence-corrected chi connectivity index (χ4v) is 5.66. The Morgan fingerprint density at radius 1 is 1.03 bits per heavy atom. The van der Waals surface area contributed by atoms with Crippen molar-refractivity contribution in [1.29, 1.82) is 5.26 Å². The molecule has 6 nitrogen and oxygen atoms in total. The summed E-state index contributed by atoms with van der Waals surface area (Å²) in [5.74, 6) is 2.54. The van der Waals surface area contributed by atoms with Gasteiger partial charge in [-0.25, -0.2) is 14.9 Å². The van der Waals surface area contributed by atoms with Crippen LogP contribution in [0, 0.1) is 23.2 Å². The number of nitrogens with zero attached hydrogens (tertiary/aromatic N) is 3. The molecule has 1 saturated carbocycles. The first-order chi connectivity index (χ1) is 16.1. The number of hydrogen-bond acceptors (Lipinski definition) is 6. The molecule has 0 aromatic heterocycles. The number of rotatable bonds is 1. The van der Waals surface area contributed by atoms with Crippen LogP contribution in [-0.4, -0.2) is 24.7 Å². The van der Waals surface area contributed by atoms with Gasteiger partial charge in [0, 0.05) is 13.5 Å². The van der Waals surface area contributed by atoms with E-state index in [1.165, 1.54) is 32.1 Å². The van der Waals surface area contributed by atoms with Crippen LogP contribution in [0.5, 0.6) is 5.75 Å². The Balaban J connectivity index is 1.58. The van der Waals surface area contributed by atoms with Gasteiger partial charge in [-0.15, -0.1) is 0 Å². The molecule has 1 fully saturated rings. The van der Waals surface area contributed by atoms with Crippen molar-refractivity contribution in [3.05, 3.63) is 53.6 Å². The minimum absolute atomic E-state index is 0.376. The first kappa shape index (κ1) is 21.8. The van der Waals surface area contributed by atoms with Gasteiger partial charge in [0.05, 0.1) is 23.8 Å². The van der Waals surface area contributed by atoms with Crippen LogP contribution in [0.15, 0.2) is 47.5 Å². The summed E-state index contributed by atoms with van der Waals surface area (Å²) >= 11 is 0. The fourth-order valence-electron chi connectivity index (χ4n) is 5.66. The maximum Gasteiger partial charge on any atom is 0.218 e. The lowest BCUT2D eigenvalue weighted by molar-refractivity contribution is -0.177. The highest BCUT2D eigenvalue weighted by Gasteiger charge is 2.43. The molecule has 33 heavy (non-hydrogen) atoms. The van der Waals surface area contributed by atoms with Crippen molar-refractivity contribution in [1.82, 2.24) is 5.06 Å². The normalized spacial score (nSPS) is 27.5. The summed E-state index contributed by atoms with van der Waals surface area (Å²) in [5, 5.41) is 10.9. The zero-order chi connectivity index (χ0) is 22.8. The van der Waals surface area contributed by atoms with Crippen LogP contribution in [0.1, 0.15) is 62.5 Å². The second-order valence-corrected chi connectivity index (χ2v) is 9.61. The standard InChI is InChI=1S/C27H32N4O2/c1-31-26(29)30-27(33-31)14-5-4-9-20-8-2-3-10-23(20)18-32-25-13-12-22(16-24(25)27)21-11-6-7-19(15-21)17-28/h6-7,11-13,15-16,20,23H,2-5,8-10,14,18H2,1H3,(H2,29,30). The number of guanidine groups is 1. The molecule has 172 valence electrons. The maximum absolute atomic E-state index is 9.35. The van der Waals surface area contributed by atoms with E-state index < -0.39 is 5.72 Å². The summed E-state index contributed by atoms with van der Waals surface area (Å²) in [6.07, 6.45) is 9.34. The number of nitriles is 1. The molecule has 2 aliphatic heterocycles. The van der Waals surface area contributed by atoms with Crippen LogP contribution >= 0.6 is 0 Å². The van der Waals surface area contributed by atoms with Gasteiger partial charge in [-0.1, -0.05) is 50.3 Å². The molecule has 0 amide bonds. The molecular weight excluding hydrogens is 412 g/mol. The third kappa shape index (κ3) is 4.30. The molecule has 0 saturated heterocycles. The summed E-state index contributed by atoms with van der Waals surface area (Å²) in [5.41, 5.74) is 8.82. The van der Waals surface area contributed by atoms with Gasteiger partial charge in [-0.3, -0.25) is 0 Å². The molecule has 2 aromatic carbocycles. The van der Waals surface area contributed by atoms with Gasteiger partial charge in [-0.2, -0.15) is 5.26 Å². The molecule has 3 unspecified atom stereocenters. The minimum atomic E-state index is -0.896. The Hall–Kier alpha value is -3.04. The van der Waals surface area contributed by atoms with E-state index in [1.54, 1.807) is 12.1 Å². The molecular formula is C27H32N4O2. The second-order valence-electron chi connectivity index (χ2n) is 9.61. The van der Waals surface area contributed by atoms with Gasteiger partial charge in [0.15, 0.2) is 0 Å². The largest absolute Gasteiger partial charge is 0.493 e. The van der Waals surface area contributed by atoms with Gasteiger partial charge in [0.25, 0.3) is 0 Å². The number of nitrogens with two attached hydrogens (primary N) is 1. The third-order valence-corrected chi connectivity index (χ3v) is 7.49. The van der Waals surface area contributed by atoms with Crippen molar-refractivity contribution in [2.24, 2.45) is 22.6 Å². The molecule has 6 heteroatoms. The smallest absolute Gasteiger partial charge is 0.218 e. The molecule has 1 aliphatic carbocycles. The number of ether oxygens (including phenoxy) is 1. The lowest BCUT2D eigenvalue weighted by atomic mass is 9.77. The Kier molecular flexibility index (Phi) is 5.99. The van der Waals surface area contributed by atoms with Crippen LogP contribution < -0.4 is 10.5 Å². The van der Waals surface area contributed by atoms with E-state index in [4.69, 9.17) is 20.3 Å². The van der Waals surface area contributed by atoms with Crippen LogP contribution in [-0.2, 0) is 10.6 Å². The molecule has 2 aromatic rings. The Morgan fingerprint density at radius 2 is 1.79 bits per heavy atom. The van der Waals surface area contributed by atoms with E-state index in [-0.39, 0.29) is 0 Å². The van der Waals surface area contributed by atoms with Gasteiger partial charge in [0.1, 0.15) is 5.75 Å². The highest BCUT2D eigenvalue weighted by atomic mass is 16.7. The van der Waals surface area contributed by atoms with Crippen molar-refractivity contribution >= 4 is 5.96 Å². The lowest BCUT2D eigenvalue weighted by Gasteiger charge is -2.31. The van der Waals surface area contributed by atoms with Gasteiger partial charge < -0.3 is 10.5 Å². The Labute approximate surface area is 196 Å². The SMILES string of the molecule is CN1OC2(CCCCC3CCCCC3COc3ccc(-c4cccc(C#N)c4)cc32)N=C1N. The van der Waals surface area contributed by atoms with E-state index in [2.05, 4.69) is 18.2 Å². The van der Waals surface area contributed by atoms with Crippen LogP contribution in [0.2, 0.25) is 0 Å². The third-order valence-electron chi connectivity index (χ3n) is 7.49. The van der Waals surface area contributed by atoms with E-state index >= 15 is 0 Å². The van der Waals surface area contributed by atoms with Crippen molar-refractivity contribution in [3.63, 3.8) is 0 Å². The van der Waals surface area contributed by atoms with Crippen LogP contribution in [0.25, 0.3) is 11.1 Å². The highest BCUT2D eigenvalue weighted by molar-refractivity contribution is 5.79. The fraction of sp³-hybridized carbons (Fsp3) is 0.481. The average Bonchev–Trinajstić information content (AvgIpc) is 3.13. The molecule has 0 bridgehead atoms. The van der Waals surface area contributed by atoms with E-state index in [0.717, 1.165) is 54.2 Å². The summed E-state index contributed by atoms with van der Waals surface area (Å²) < 4.78 is 6.52. The summed E-state index contributed by atoms with van der Waals surface area (Å²) in [4.78, 5) is 11.2. The molecule has 1 spiro atoms. The number of hydroxylamine groups is 2. The van der Waals surface area contributed by atoms with Crippen molar-refractivity contribution in [3.8, 4) is 22.9 Å². The highest BCUT2D eigenvalue weighted by Crippen LogP contribution is 2.45. The van der Waals surface area contributed by atoms with E-state index in [0.29, 0.717) is 17.4 Å². The van der Waals surface area contributed by atoms with E-state index in [9.17, 15) is 5.26 Å². The molecule has 3 aliphatic rings. The van der Waals surface area contributed by atoms with Gasteiger partial charge in [-0.05, 0) is 60.1 Å². The maximum atomic E-state index is 9.35. The topological polar surface area (TPSA) is 83.9 Å². The summed E-state index contributed by atoms with van der Waals surface area (Å²) in [6.45, 7) is 0.728. The van der Waals surface area contributed by atoms with Crippen molar-refractivity contribution < 1.29 is 9.57 Å². The first-order valence-electron chi connectivity index (χ1n) is 12.1.